The van der Waals surface area contributed by atoms with E-state index in [0.717, 1.165) is 11.1 Å². The molecule has 0 spiro atoms. The molecule has 28 heavy (non-hydrogen) atoms. The smallest absolute Gasteiger partial charge is 0.251 e. The fourth-order valence-corrected chi connectivity index (χ4v) is 2.83. The summed E-state index contributed by atoms with van der Waals surface area (Å²) in [6.45, 7) is 0.480. The molecule has 0 fully saturated rings. The lowest BCUT2D eigenvalue weighted by Gasteiger charge is -2.17. The largest absolute Gasteiger partial charge is 0.441 e. The van der Waals surface area contributed by atoms with Gasteiger partial charge in [-0.05, 0) is 17.7 Å². The zero-order valence-corrected chi connectivity index (χ0v) is 16.0. The zero-order chi connectivity index (χ0) is 19.9. The van der Waals surface area contributed by atoms with E-state index in [1.807, 2.05) is 42.5 Å². The maximum atomic E-state index is 12.4. The summed E-state index contributed by atoms with van der Waals surface area (Å²) in [6.07, 6.45) is 2.46. The number of carbonyl (C=O) groups is 2. The van der Waals surface area contributed by atoms with E-state index < -0.39 is 0 Å². The summed E-state index contributed by atoms with van der Waals surface area (Å²) in [6, 6.07) is 17.0. The van der Waals surface area contributed by atoms with Gasteiger partial charge in [-0.2, -0.15) is 0 Å². The molecular formula is C22H23N3O3. The molecule has 1 heterocycles. The number of benzene rings is 2. The first-order valence-corrected chi connectivity index (χ1v) is 9.12. The van der Waals surface area contributed by atoms with Gasteiger partial charge in [-0.1, -0.05) is 42.5 Å². The Bertz CT molecular complexity index is 933. The standard InChI is InChI=1S/C22H23N3O3/c1-23-22(27)18-10-8-16(9-11-18)15-25(2)21(26)13-12-20-24-14-19(28-20)17-6-4-3-5-7-17/h3-11,14H,12-13,15H2,1-2H3,(H,23,27). The van der Waals surface area contributed by atoms with E-state index in [9.17, 15) is 9.59 Å². The minimum Gasteiger partial charge on any atom is -0.441 e. The molecule has 0 saturated carbocycles. The van der Waals surface area contributed by atoms with Crippen LogP contribution in [0.4, 0.5) is 0 Å². The molecule has 0 saturated heterocycles. The van der Waals surface area contributed by atoms with Crippen molar-refractivity contribution in [3.63, 3.8) is 0 Å². The lowest BCUT2D eigenvalue weighted by molar-refractivity contribution is -0.130. The fourth-order valence-electron chi connectivity index (χ4n) is 2.83. The maximum Gasteiger partial charge on any atom is 0.251 e. The van der Waals surface area contributed by atoms with Crippen LogP contribution in [-0.4, -0.2) is 35.8 Å². The molecule has 0 radical (unpaired) electrons. The molecule has 2 amide bonds. The highest BCUT2D eigenvalue weighted by molar-refractivity contribution is 5.93. The van der Waals surface area contributed by atoms with Crippen LogP contribution in [0, 0.1) is 0 Å². The summed E-state index contributed by atoms with van der Waals surface area (Å²) in [5.74, 6) is 1.13. The Balaban J connectivity index is 1.52. The summed E-state index contributed by atoms with van der Waals surface area (Å²) in [5.41, 5.74) is 2.52. The molecule has 1 N–H and O–H groups in total. The SMILES string of the molecule is CNC(=O)c1ccc(CN(C)C(=O)CCc2ncc(-c3ccccc3)o2)cc1. The Morgan fingerprint density at radius 1 is 1.07 bits per heavy atom. The van der Waals surface area contributed by atoms with Crippen molar-refractivity contribution in [1.29, 1.82) is 0 Å². The molecule has 0 aliphatic carbocycles. The number of nitrogens with one attached hydrogen (secondary N) is 1. The second-order valence-electron chi connectivity index (χ2n) is 6.51. The van der Waals surface area contributed by atoms with Gasteiger partial charge in [0.15, 0.2) is 11.7 Å². The van der Waals surface area contributed by atoms with Crippen molar-refractivity contribution in [1.82, 2.24) is 15.2 Å². The molecule has 6 heteroatoms. The molecule has 0 bridgehead atoms. The Morgan fingerprint density at radius 2 is 1.79 bits per heavy atom. The van der Waals surface area contributed by atoms with Gasteiger partial charge >= 0.3 is 0 Å². The third-order valence-electron chi connectivity index (χ3n) is 4.45. The molecule has 3 aromatic rings. The van der Waals surface area contributed by atoms with Crippen LogP contribution in [-0.2, 0) is 17.8 Å². The number of amides is 2. The van der Waals surface area contributed by atoms with Gasteiger partial charge in [-0.15, -0.1) is 0 Å². The molecule has 2 aromatic carbocycles. The second kappa shape index (κ2) is 8.99. The van der Waals surface area contributed by atoms with Crippen molar-refractivity contribution in [2.75, 3.05) is 14.1 Å². The monoisotopic (exact) mass is 377 g/mol. The van der Waals surface area contributed by atoms with E-state index in [0.29, 0.717) is 36.6 Å². The van der Waals surface area contributed by atoms with Crippen molar-refractivity contribution in [3.05, 3.63) is 77.8 Å². The van der Waals surface area contributed by atoms with Crippen LogP contribution in [0.5, 0.6) is 0 Å². The quantitative estimate of drug-likeness (QED) is 0.686. The third-order valence-corrected chi connectivity index (χ3v) is 4.45. The summed E-state index contributed by atoms with van der Waals surface area (Å²) in [4.78, 5) is 29.9. The van der Waals surface area contributed by atoms with Crippen LogP contribution in [0.25, 0.3) is 11.3 Å². The molecule has 144 valence electrons. The molecule has 0 unspecified atom stereocenters. The van der Waals surface area contributed by atoms with Gasteiger partial charge in [0.1, 0.15) is 0 Å². The van der Waals surface area contributed by atoms with Crippen LogP contribution in [0.2, 0.25) is 0 Å². The highest BCUT2D eigenvalue weighted by atomic mass is 16.4. The lowest BCUT2D eigenvalue weighted by atomic mass is 10.1. The van der Waals surface area contributed by atoms with Crippen LogP contribution < -0.4 is 5.32 Å². The average molecular weight is 377 g/mol. The van der Waals surface area contributed by atoms with E-state index in [1.165, 1.54) is 0 Å². The summed E-state index contributed by atoms with van der Waals surface area (Å²) in [5, 5.41) is 2.59. The topological polar surface area (TPSA) is 75.4 Å². The number of rotatable bonds is 7. The third kappa shape index (κ3) is 4.85. The Kier molecular flexibility index (Phi) is 6.22. The van der Waals surface area contributed by atoms with Gasteiger partial charge in [-0.3, -0.25) is 9.59 Å². The molecule has 1 aromatic heterocycles. The maximum absolute atomic E-state index is 12.4. The van der Waals surface area contributed by atoms with Gasteiger partial charge in [0.2, 0.25) is 5.91 Å². The summed E-state index contributed by atoms with van der Waals surface area (Å²) >= 11 is 0. The molecular weight excluding hydrogens is 354 g/mol. The van der Waals surface area contributed by atoms with Gasteiger partial charge < -0.3 is 14.6 Å². The van der Waals surface area contributed by atoms with E-state index in [1.54, 1.807) is 37.3 Å². The van der Waals surface area contributed by atoms with Crippen LogP contribution in [0.1, 0.15) is 28.2 Å². The lowest BCUT2D eigenvalue weighted by Crippen LogP contribution is -2.26. The minimum atomic E-state index is -0.128. The predicted octanol–water partition coefficient (Wildman–Crippen LogP) is 3.29. The van der Waals surface area contributed by atoms with Crippen molar-refractivity contribution in [3.8, 4) is 11.3 Å². The Labute approximate surface area is 164 Å². The molecule has 0 atom stereocenters. The number of aromatic nitrogens is 1. The molecule has 0 aliphatic rings. The number of carbonyl (C=O) groups excluding carboxylic acids is 2. The van der Waals surface area contributed by atoms with Gasteiger partial charge in [0, 0.05) is 44.6 Å². The van der Waals surface area contributed by atoms with E-state index in [-0.39, 0.29) is 11.8 Å². The first-order valence-electron chi connectivity index (χ1n) is 9.12. The van der Waals surface area contributed by atoms with Gasteiger partial charge in [-0.25, -0.2) is 4.98 Å². The van der Waals surface area contributed by atoms with Crippen molar-refractivity contribution < 1.29 is 14.0 Å². The van der Waals surface area contributed by atoms with E-state index in [2.05, 4.69) is 10.3 Å². The van der Waals surface area contributed by atoms with E-state index in [4.69, 9.17) is 4.42 Å². The van der Waals surface area contributed by atoms with Crippen LogP contribution in [0.3, 0.4) is 0 Å². The minimum absolute atomic E-state index is 0.00911. The highest BCUT2D eigenvalue weighted by Gasteiger charge is 2.13. The van der Waals surface area contributed by atoms with E-state index >= 15 is 0 Å². The molecule has 0 aliphatic heterocycles. The number of oxazole rings is 1. The van der Waals surface area contributed by atoms with Crippen molar-refractivity contribution in [2.24, 2.45) is 0 Å². The van der Waals surface area contributed by atoms with Crippen LogP contribution in [0.15, 0.2) is 65.2 Å². The Hall–Kier alpha value is -3.41. The first-order chi connectivity index (χ1) is 13.6. The van der Waals surface area contributed by atoms with Crippen molar-refractivity contribution in [2.45, 2.75) is 19.4 Å². The van der Waals surface area contributed by atoms with Crippen molar-refractivity contribution >= 4 is 11.8 Å². The molecule has 3 rings (SSSR count). The number of hydrogen-bond acceptors (Lipinski definition) is 4. The number of aryl methyl sites for hydroxylation is 1. The normalized spacial score (nSPS) is 10.5. The fraction of sp³-hybridized carbons (Fsp3) is 0.227. The van der Waals surface area contributed by atoms with Crippen LogP contribution >= 0.6 is 0 Å². The first kappa shape index (κ1) is 19.4. The van der Waals surface area contributed by atoms with Gasteiger partial charge in [0.05, 0.1) is 6.20 Å². The number of hydrogen-bond donors (Lipinski definition) is 1. The highest BCUT2D eigenvalue weighted by Crippen LogP contribution is 2.20. The summed E-state index contributed by atoms with van der Waals surface area (Å²) in [7, 11) is 3.36. The zero-order valence-electron chi connectivity index (χ0n) is 16.0. The average Bonchev–Trinajstić information content (AvgIpc) is 3.21. The predicted molar refractivity (Wildman–Crippen MR) is 107 cm³/mol. The number of nitrogens with zero attached hydrogens (tertiary/aromatic N) is 2. The molecule has 6 nitrogen and oxygen atoms in total. The summed E-state index contributed by atoms with van der Waals surface area (Å²) < 4.78 is 5.74. The second-order valence-corrected chi connectivity index (χ2v) is 6.51. The van der Waals surface area contributed by atoms with Gasteiger partial charge in [0.25, 0.3) is 5.91 Å². The Morgan fingerprint density at radius 3 is 2.46 bits per heavy atom.